The van der Waals surface area contributed by atoms with Gasteiger partial charge in [-0.25, -0.2) is 0 Å². The van der Waals surface area contributed by atoms with E-state index in [0.29, 0.717) is 67.8 Å². The van der Waals surface area contributed by atoms with Gasteiger partial charge in [0.05, 0.1) is 29.5 Å². The molecule has 2 aliphatic rings. The molecule has 1 saturated heterocycles. The van der Waals surface area contributed by atoms with E-state index in [1.165, 1.54) is 0 Å². The van der Waals surface area contributed by atoms with Crippen LogP contribution >= 0.6 is 11.6 Å². The van der Waals surface area contributed by atoms with Crippen molar-refractivity contribution in [3.8, 4) is 34.3 Å². The number of hydrogen-bond acceptors (Lipinski definition) is 7. The number of methoxy groups -OCH3 is 1. The maximum atomic E-state index is 13.2. The number of benzene rings is 2. The summed E-state index contributed by atoms with van der Waals surface area (Å²) in [6.45, 7) is 2.77. The molecule has 39 heavy (non-hydrogen) atoms. The van der Waals surface area contributed by atoms with Gasteiger partial charge in [-0.05, 0) is 49.2 Å². The molecular weight excluding hydrogens is 537 g/mol. The standard InChI is InChI=1S/C28H28ClF3N2O5/c1-36-21-4-5-24(35)18(10-21)14-34-6-8-38-27-19(15-34)9-17(11-25(27)39-16-22-3-2-7-37-22)26-23(29)12-20(13-33-26)28(30,31)32/h4-5,9-13,22,35H,2-3,6-8,14-16H2,1H3. The van der Waals surface area contributed by atoms with E-state index in [1.807, 2.05) is 0 Å². The third kappa shape index (κ3) is 6.34. The average molecular weight is 565 g/mol. The lowest BCUT2D eigenvalue weighted by atomic mass is 10.0. The number of halogens is 4. The number of phenolic OH excluding ortho intramolecular Hbond substituents is 1. The smallest absolute Gasteiger partial charge is 0.417 e. The molecule has 208 valence electrons. The highest BCUT2D eigenvalue weighted by molar-refractivity contribution is 6.33. The summed E-state index contributed by atoms with van der Waals surface area (Å²) in [4.78, 5) is 6.14. The zero-order chi connectivity index (χ0) is 27.6. The van der Waals surface area contributed by atoms with E-state index in [0.717, 1.165) is 30.7 Å². The second-order valence-corrected chi connectivity index (χ2v) is 9.92. The Morgan fingerprint density at radius 1 is 1.18 bits per heavy atom. The van der Waals surface area contributed by atoms with Gasteiger partial charge in [0.15, 0.2) is 11.5 Å². The van der Waals surface area contributed by atoms with Gasteiger partial charge >= 0.3 is 6.18 Å². The lowest BCUT2D eigenvalue weighted by Gasteiger charge is -2.21. The number of alkyl halides is 3. The molecule has 2 aliphatic heterocycles. The minimum absolute atomic E-state index is 0.0459. The van der Waals surface area contributed by atoms with E-state index in [9.17, 15) is 18.3 Å². The van der Waals surface area contributed by atoms with Crippen molar-refractivity contribution in [2.24, 2.45) is 0 Å². The number of ether oxygens (including phenoxy) is 4. The Morgan fingerprint density at radius 3 is 2.74 bits per heavy atom. The number of nitrogens with zero attached hydrogens (tertiary/aromatic N) is 2. The molecule has 0 aliphatic carbocycles. The highest BCUT2D eigenvalue weighted by Gasteiger charge is 2.32. The van der Waals surface area contributed by atoms with Gasteiger partial charge in [0.2, 0.25) is 0 Å². The van der Waals surface area contributed by atoms with Crippen LogP contribution in [0.4, 0.5) is 13.2 Å². The zero-order valence-electron chi connectivity index (χ0n) is 21.3. The fourth-order valence-corrected chi connectivity index (χ4v) is 5.01. The molecule has 2 aromatic carbocycles. The molecule has 0 bridgehead atoms. The van der Waals surface area contributed by atoms with Gasteiger partial charge in [0, 0.05) is 49.1 Å². The fraction of sp³-hybridized carbons (Fsp3) is 0.393. The summed E-state index contributed by atoms with van der Waals surface area (Å²) < 4.78 is 62.9. The summed E-state index contributed by atoms with van der Waals surface area (Å²) in [5, 5.41) is 10.3. The first kappa shape index (κ1) is 27.4. The Labute approximate surface area is 229 Å². The van der Waals surface area contributed by atoms with Gasteiger partial charge in [0.1, 0.15) is 24.7 Å². The first-order valence-electron chi connectivity index (χ1n) is 12.6. The van der Waals surface area contributed by atoms with Crippen molar-refractivity contribution < 1.29 is 37.2 Å². The molecule has 3 aromatic rings. The molecule has 1 atom stereocenters. The number of phenols is 1. The van der Waals surface area contributed by atoms with Crippen LogP contribution in [0.5, 0.6) is 23.0 Å². The molecule has 0 radical (unpaired) electrons. The molecule has 1 N–H and O–H groups in total. The molecular formula is C28H28ClF3N2O5. The summed E-state index contributed by atoms with van der Waals surface area (Å²) >= 11 is 6.30. The van der Waals surface area contributed by atoms with E-state index in [1.54, 1.807) is 37.4 Å². The van der Waals surface area contributed by atoms with Gasteiger partial charge in [-0.1, -0.05) is 11.6 Å². The van der Waals surface area contributed by atoms with Crippen LogP contribution in [0.25, 0.3) is 11.3 Å². The van der Waals surface area contributed by atoms with Crippen molar-refractivity contribution in [1.29, 1.82) is 0 Å². The van der Waals surface area contributed by atoms with Crippen LogP contribution in [0.2, 0.25) is 5.02 Å². The van der Waals surface area contributed by atoms with E-state index in [2.05, 4.69) is 9.88 Å². The monoisotopic (exact) mass is 564 g/mol. The van der Waals surface area contributed by atoms with Crippen molar-refractivity contribution in [2.45, 2.75) is 38.2 Å². The number of hydrogen-bond donors (Lipinski definition) is 1. The quantitative estimate of drug-likeness (QED) is 0.372. The van der Waals surface area contributed by atoms with Gasteiger partial charge < -0.3 is 24.1 Å². The highest BCUT2D eigenvalue weighted by Crippen LogP contribution is 2.41. The lowest BCUT2D eigenvalue weighted by molar-refractivity contribution is -0.137. The zero-order valence-corrected chi connectivity index (χ0v) is 22.0. The van der Waals surface area contributed by atoms with Crippen LogP contribution in [0.3, 0.4) is 0 Å². The predicted octanol–water partition coefficient (Wildman–Crippen LogP) is 6.09. The molecule has 0 saturated carbocycles. The molecule has 0 spiro atoms. The van der Waals surface area contributed by atoms with Crippen LogP contribution in [-0.2, 0) is 24.0 Å². The maximum absolute atomic E-state index is 13.2. The Bertz CT molecular complexity index is 1330. The number of pyridine rings is 1. The molecule has 3 heterocycles. The van der Waals surface area contributed by atoms with E-state index < -0.39 is 11.7 Å². The molecule has 1 fully saturated rings. The SMILES string of the molecule is COc1ccc(O)c(CN2CCOc3c(cc(-c4ncc(C(F)(F)F)cc4Cl)cc3OCC3CCCO3)C2)c1. The molecule has 5 rings (SSSR count). The lowest BCUT2D eigenvalue weighted by Crippen LogP contribution is -2.25. The van der Waals surface area contributed by atoms with E-state index in [4.69, 9.17) is 30.5 Å². The van der Waals surface area contributed by atoms with Crippen LogP contribution in [0.15, 0.2) is 42.6 Å². The summed E-state index contributed by atoms with van der Waals surface area (Å²) in [5.41, 5.74) is 1.23. The Balaban J connectivity index is 1.49. The maximum Gasteiger partial charge on any atom is 0.417 e. The first-order chi connectivity index (χ1) is 18.7. The predicted molar refractivity (Wildman–Crippen MR) is 138 cm³/mol. The van der Waals surface area contributed by atoms with E-state index >= 15 is 0 Å². The van der Waals surface area contributed by atoms with Crippen LogP contribution in [0, 0.1) is 0 Å². The molecule has 7 nitrogen and oxygen atoms in total. The molecule has 1 unspecified atom stereocenters. The Kier molecular flexibility index (Phi) is 8.06. The summed E-state index contributed by atoms with van der Waals surface area (Å²) in [5.74, 6) is 1.78. The van der Waals surface area contributed by atoms with Crippen molar-refractivity contribution in [2.75, 3.05) is 33.5 Å². The second-order valence-electron chi connectivity index (χ2n) is 9.51. The third-order valence-electron chi connectivity index (χ3n) is 6.75. The van der Waals surface area contributed by atoms with E-state index in [-0.39, 0.29) is 22.6 Å². The van der Waals surface area contributed by atoms with Crippen LogP contribution in [-0.4, -0.2) is 54.6 Å². The van der Waals surface area contributed by atoms with Crippen LogP contribution < -0.4 is 14.2 Å². The third-order valence-corrected chi connectivity index (χ3v) is 7.04. The first-order valence-corrected chi connectivity index (χ1v) is 12.9. The van der Waals surface area contributed by atoms with Crippen molar-refractivity contribution in [1.82, 2.24) is 9.88 Å². The molecule has 1 aromatic heterocycles. The van der Waals surface area contributed by atoms with Crippen molar-refractivity contribution >= 4 is 11.6 Å². The number of aromatic hydroxyl groups is 1. The summed E-state index contributed by atoms with van der Waals surface area (Å²) in [7, 11) is 1.56. The summed E-state index contributed by atoms with van der Waals surface area (Å²) in [6.07, 6.45) is -1.99. The van der Waals surface area contributed by atoms with Crippen LogP contribution in [0.1, 0.15) is 29.5 Å². The topological polar surface area (TPSA) is 73.3 Å². The largest absolute Gasteiger partial charge is 0.508 e. The fourth-order valence-electron chi connectivity index (χ4n) is 4.74. The number of aromatic nitrogens is 1. The van der Waals surface area contributed by atoms with Crippen molar-refractivity contribution in [3.05, 3.63) is 64.3 Å². The Morgan fingerprint density at radius 2 is 2.03 bits per heavy atom. The summed E-state index contributed by atoms with van der Waals surface area (Å²) in [6, 6.07) is 9.42. The molecule has 0 amide bonds. The van der Waals surface area contributed by atoms with Gasteiger partial charge in [-0.15, -0.1) is 0 Å². The average Bonchev–Trinajstić information content (AvgIpc) is 3.34. The molecule has 11 heteroatoms. The van der Waals surface area contributed by atoms with Gasteiger partial charge in [-0.3, -0.25) is 9.88 Å². The second kappa shape index (κ2) is 11.5. The number of fused-ring (bicyclic) bond motifs is 1. The number of rotatable bonds is 7. The highest BCUT2D eigenvalue weighted by atomic mass is 35.5. The van der Waals surface area contributed by atoms with Gasteiger partial charge in [0.25, 0.3) is 0 Å². The van der Waals surface area contributed by atoms with Crippen molar-refractivity contribution in [3.63, 3.8) is 0 Å². The Hall–Kier alpha value is -3.21. The minimum atomic E-state index is -4.56. The minimum Gasteiger partial charge on any atom is -0.508 e. The van der Waals surface area contributed by atoms with Gasteiger partial charge in [-0.2, -0.15) is 13.2 Å². The normalized spacial score (nSPS) is 17.8.